The van der Waals surface area contributed by atoms with E-state index in [2.05, 4.69) is 44.6 Å². The number of methoxy groups -OCH3 is 1. The lowest BCUT2D eigenvalue weighted by Crippen LogP contribution is -2.14. The highest BCUT2D eigenvalue weighted by Crippen LogP contribution is 2.29. The van der Waals surface area contributed by atoms with E-state index in [0.29, 0.717) is 12.3 Å². The maximum Gasteiger partial charge on any atom is 0.191 e. The van der Waals surface area contributed by atoms with Crippen molar-refractivity contribution in [2.75, 3.05) is 18.2 Å². The summed E-state index contributed by atoms with van der Waals surface area (Å²) in [5.74, 6) is 2.00. The Morgan fingerprint density at radius 2 is 1.85 bits per heavy atom. The lowest BCUT2D eigenvalue weighted by Gasteiger charge is -2.18. The normalized spacial score (nSPS) is 12.1. The number of carbonyl (C=O) groups excluding carboxylic acids is 1. The van der Waals surface area contributed by atoms with E-state index in [1.54, 1.807) is 7.11 Å². The Morgan fingerprint density at radius 3 is 2.61 bits per heavy atom. The molecule has 0 aliphatic carbocycles. The van der Waals surface area contributed by atoms with Gasteiger partial charge >= 0.3 is 0 Å². The molecule has 4 rings (SSSR count). The number of para-hydroxylation sites is 3. The van der Waals surface area contributed by atoms with Gasteiger partial charge in [0.2, 0.25) is 0 Å². The van der Waals surface area contributed by atoms with Gasteiger partial charge < -0.3 is 19.2 Å². The molecule has 2 aromatic heterocycles. The van der Waals surface area contributed by atoms with Crippen LogP contribution >= 0.6 is 11.8 Å². The molecule has 0 saturated heterocycles. The Balaban J connectivity index is 1.50. The molecule has 0 radical (unpaired) electrons. The van der Waals surface area contributed by atoms with Crippen LogP contribution in [0.25, 0.3) is 10.9 Å². The largest absolute Gasteiger partial charge is 0.495 e. The maximum atomic E-state index is 13.1. The van der Waals surface area contributed by atoms with Gasteiger partial charge in [-0.3, -0.25) is 4.79 Å². The molecule has 4 aromatic rings. The fourth-order valence-electron chi connectivity index (χ4n) is 4.02. The zero-order valence-electron chi connectivity index (χ0n) is 19.4. The summed E-state index contributed by atoms with van der Waals surface area (Å²) in [6.07, 6.45) is 1.96. The summed E-state index contributed by atoms with van der Waals surface area (Å²) >= 11 is 1.43. The van der Waals surface area contributed by atoms with Gasteiger partial charge in [0.05, 0.1) is 24.6 Å². The molecule has 2 aromatic carbocycles. The van der Waals surface area contributed by atoms with E-state index in [4.69, 9.17) is 4.74 Å². The van der Waals surface area contributed by atoms with Crippen molar-refractivity contribution in [3.63, 3.8) is 0 Å². The first kappa shape index (κ1) is 22.9. The number of fused-ring (bicyclic) bond motifs is 1. The lowest BCUT2D eigenvalue weighted by atomic mass is 10.1. The van der Waals surface area contributed by atoms with Crippen molar-refractivity contribution in [3.05, 3.63) is 66.1 Å². The van der Waals surface area contributed by atoms with Crippen LogP contribution in [0.2, 0.25) is 0 Å². The summed E-state index contributed by atoms with van der Waals surface area (Å²) in [6.45, 7) is 7.73. The number of benzene rings is 2. The molecule has 2 heterocycles. The number of ether oxygens (including phenoxy) is 1. The van der Waals surface area contributed by atoms with E-state index in [9.17, 15) is 4.79 Å². The van der Waals surface area contributed by atoms with Crippen LogP contribution in [0.5, 0.6) is 5.75 Å². The van der Waals surface area contributed by atoms with Gasteiger partial charge in [-0.15, -0.1) is 10.2 Å². The van der Waals surface area contributed by atoms with Crippen LogP contribution in [0.3, 0.4) is 0 Å². The molecular weight excluding hydrogens is 434 g/mol. The average Bonchev–Trinajstić information content (AvgIpc) is 3.44. The smallest absolute Gasteiger partial charge is 0.191 e. The van der Waals surface area contributed by atoms with E-state index < -0.39 is 0 Å². The number of carbonyl (C=O) groups is 1. The number of hydrogen-bond donors (Lipinski definition) is 1. The molecule has 0 fully saturated rings. The molecule has 0 spiro atoms. The second kappa shape index (κ2) is 10.1. The summed E-state index contributed by atoms with van der Waals surface area (Å²) in [4.78, 5) is 13.1. The van der Waals surface area contributed by atoms with E-state index in [1.807, 2.05) is 55.6 Å². The number of anilines is 1. The monoisotopic (exact) mass is 463 g/mol. The van der Waals surface area contributed by atoms with Crippen molar-refractivity contribution < 1.29 is 9.53 Å². The highest BCUT2D eigenvalue weighted by molar-refractivity contribution is 7.99. The van der Waals surface area contributed by atoms with Crippen LogP contribution in [0.1, 0.15) is 43.0 Å². The highest BCUT2D eigenvalue weighted by atomic mass is 32.2. The van der Waals surface area contributed by atoms with Crippen LogP contribution < -0.4 is 10.1 Å². The average molecular weight is 464 g/mol. The molecule has 172 valence electrons. The standard InChI is InChI=1S/C25H29N5O2S/c1-5-29-15-19(18-11-7-9-13-21(18)29)22(31)16-33-25-28-27-24(30(25)6-2)17(3)26-20-12-8-10-14-23(20)32-4/h7-15,17,26H,5-6,16H2,1-4H3/t17-/m1/s1. The first-order chi connectivity index (χ1) is 16.1. The molecule has 1 atom stereocenters. The molecule has 0 bridgehead atoms. The molecule has 0 unspecified atom stereocenters. The molecule has 7 nitrogen and oxygen atoms in total. The number of rotatable bonds is 10. The number of aryl methyl sites for hydroxylation is 1. The first-order valence-corrected chi connectivity index (χ1v) is 12.1. The fraction of sp³-hybridized carbons (Fsp3) is 0.320. The molecule has 33 heavy (non-hydrogen) atoms. The summed E-state index contributed by atoms with van der Waals surface area (Å²) in [7, 11) is 1.66. The van der Waals surface area contributed by atoms with Gasteiger partial charge in [-0.1, -0.05) is 42.1 Å². The van der Waals surface area contributed by atoms with E-state index in [1.165, 1.54) is 11.8 Å². The van der Waals surface area contributed by atoms with Gasteiger partial charge in [0, 0.05) is 35.8 Å². The lowest BCUT2D eigenvalue weighted by molar-refractivity contribution is 0.102. The Hall–Kier alpha value is -3.26. The third kappa shape index (κ3) is 4.61. The zero-order valence-corrected chi connectivity index (χ0v) is 20.2. The minimum Gasteiger partial charge on any atom is -0.495 e. The molecule has 0 saturated carbocycles. The second-order valence-corrected chi connectivity index (χ2v) is 8.65. The summed E-state index contributed by atoms with van der Waals surface area (Å²) in [5.41, 5.74) is 2.74. The van der Waals surface area contributed by atoms with Gasteiger partial charge in [-0.2, -0.15) is 0 Å². The summed E-state index contributed by atoms with van der Waals surface area (Å²) in [6, 6.07) is 15.8. The molecule has 8 heteroatoms. The number of aromatic nitrogens is 4. The van der Waals surface area contributed by atoms with Crippen molar-refractivity contribution in [3.8, 4) is 5.75 Å². The molecular formula is C25H29N5O2S. The second-order valence-electron chi connectivity index (χ2n) is 7.71. The third-order valence-electron chi connectivity index (χ3n) is 5.69. The van der Waals surface area contributed by atoms with Crippen molar-refractivity contribution >= 4 is 34.1 Å². The van der Waals surface area contributed by atoms with Crippen LogP contribution in [0.15, 0.2) is 59.9 Å². The number of nitrogens with one attached hydrogen (secondary N) is 1. The van der Waals surface area contributed by atoms with Crippen LogP contribution in [0.4, 0.5) is 5.69 Å². The van der Waals surface area contributed by atoms with Crippen LogP contribution in [-0.4, -0.2) is 38.0 Å². The zero-order chi connectivity index (χ0) is 23.4. The summed E-state index contributed by atoms with van der Waals surface area (Å²) in [5, 5.41) is 14.0. The maximum absolute atomic E-state index is 13.1. The Morgan fingerprint density at radius 1 is 1.09 bits per heavy atom. The Bertz CT molecular complexity index is 1260. The SMILES string of the molecule is CCn1c(SCC(=O)c2cn(CC)c3ccccc23)nnc1[C@@H](C)Nc1ccccc1OC. The molecule has 0 aliphatic heterocycles. The third-order valence-corrected chi connectivity index (χ3v) is 6.66. The van der Waals surface area contributed by atoms with Crippen molar-refractivity contribution in [2.45, 2.75) is 45.1 Å². The number of hydrogen-bond acceptors (Lipinski definition) is 6. The molecule has 0 amide bonds. The first-order valence-electron chi connectivity index (χ1n) is 11.1. The fourth-order valence-corrected chi connectivity index (χ4v) is 4.92. The van der Waals surface area contributed by atoms with E-state index >= 15 is 0 Å². The molecule has 0 aliphatic rings. The quantitative estimate of drug-likeness (QED) is 0.250. The Kier molecular flexibility index (Phi) is 7.03. The van der Waals surface area contributed by atoms with Crippen molar-refractivity contribution in [2.24, 2.45) is 0 Å². The van der Waals surface area contributed by atoms with Crippen molar-refractivity contribution in [1.82, 2.24) is 19.3 Å². The van der Waals surface area contributed by atoms with Gasteiger partial charge in [0.25, 0.3) is 0 Å². The van der Waals surface area contributed by atoms with Gasteiger partial charge in [0.1, 0.15) is 5.75 Å². The number of nitrogens with zero attached hydrogens (tertiary/aromatic N) is 4. The van der Waals surface area contributed by atoms with Gasteiger partial charge in [-0.25, -0.2) is 0 Å². The van der Waals surface area contributed by atoms with Crippen LogP contribution in [-0.2, 0) is 13.1 Å². The highest BCUT2D eigenvalue weighted by Gasteiger charge is 2.20. The number of thioether (sulfide) groups is 1. The minimum absolute atomic E-state index is 0.0821. The minimum atomic E-state index is -0.0821. The summed E-state index contributed by atoms with van der Waals surface area (Å²) < 4.78 is 9.61. The van der Waals surface area contributed by atoms with Crippen LogP contribution in [0, 0.1) is 0 Å². The Labute approximate surface area is 198 Å². The van der Waals surface area contributed by atoms with Gasteiger partial charge in [0.15, 0.2) is 16.8 Å². The van der Waals surface area contributed by atoms with E-state index in [0.717, 1.165) is 45.4 Å². The predicted molar refractivity (Wildman–Crippen MR) is 133 cm³/mol. The van der Waals surface area contributed by atoms with E-state index in [-0.39, 0.29) is 11.8 Å². The molecule has 1 N–H and O–H groups in total. The van der Waals surface area contributed by atoms with Crippen molar-refractivity contribution in [1.29, 1.82) is 0 Å². The number of Topliss-reactive ketones (excluding diaryl/α,β-unsaturated/α-hetero) is 1. The predicted octanol–water partition coefficient (Wildman–Crippen LogP) is 5.43. The number of ketones is 1. The van der Waals surface area contributed by atoms with Gasteiger partial charge in [-0.05, 0) is 39.0 Å². The topological polar surface area (TPSA) is 74.0 Å².